The molecule has 0 aromatic rings. The molecule has 0 fully saturated rings. The summed E-state index contributed by atoms with van der Waals surface area (Å²) in [6.45, 7) is 3.17. The van der Waals surface area contributed by atoms with E-state index < -0.39 is 27.9 Å². The molecule has 0 radical (unpaired) electrons. The molecule has 0 aliphatic carbocycles. The summed E-state index contributed by atoms with van der Waals surface area (Å²) in [5.41, 5.74) is 0. The molecule has 2 N–H and O–H groups in total. The Morgan fingerprint density at radius 1 is 1.73 bits per heavy atom. The topological polar surface area (TPSA) is 104 Å². The molecule has 2 unspecified atom stereocenters. The summed E-state index contributed by atoms with van der Waals surface area (Å²) in [5.74, 6) is -0.414. The average Bonchev–Trinajstić information content (AvgIpc) is 2.11. The Morgan fingerprint density at radius 3 is 2.67 bits per heavy atom. The van der Waals surface area contributed by atoms with Crippen LogP contribution in [0.2, 0.25) is 0 Å². The van der Waals surface area contributed by atoms with Gasteiger partial charge in [-0.1, -0.05) is 6.58 Å². The number of hydrogen-bond acceptors (Lipinski definition) is 4. The molecule has 0 spiro atoms. The van der Waals surface area contributed by atoms with Crippen molar-refractivity contribution in [2.75, 3.05) is 19.8 Å². The molecule has 7 nitrogen and oxygen atoms in total. The number of amides is 1. The van der Waals surface area contributed by atoms with Gasteiger partial charge in [-0.25, -0.2) is 0 Å². The zero-order chi connectivity index (χ0) is 12.1. The highest BCUT2D eigenvalue weighted by Gasteiger charge is 2.32. The Balaban J connectivity index is 4.14. The fourth-order valence-electron chi connectivity index (χ4n) is 0.692. The molecular weight excluding hydrogens is 244 g/mol. The van der Waals surface area contributed by atoms with Crippen LogP contribution in [0.15, 0.2) is 12.7 Å². The Morgan fingerprint density at radius 2 is 2.27 bits per heavy atom. The van der Waals surface area contributed by atoms with Crippen molar-refractivity contribution in [2.45, 2.75) is 0 Å². The maximum atomic E-state index is 11.1. The van der Waals surface area contributed by atoms with Crippen molar-refractivity contribution in [1.82, 2.24) is 4.90 Å². The first-order chi connectivity index (χ1) is 6.78. The maximum Gasteiger partial charge on any atom is 0.703 e. The molecule has 9 heteroatoms. The lowest BCUT2D eigenvalue weighted by Gasteiger charge is -2.14. The molecule has 0 saturated heterocycles. The minimum Gasteiger partial charge on any atom is -0.342 e. The number of rotatable bonds is 6. The summed E-state index contributed by atoms with van der Waals surface area (Å²) in [7, 11) is -5.83. The van der Waals surface area contributed by atoms with Crippen molar-refractivity contribution in [2.24, 2.45) is 0 Å². The van der Waals surface area contributed by atoms with E-state index in [4.69, 9.17) is 9.79 Å². The van der Waals surface area contributed by atoms with Gasteiger partial charge in [0.05, 0.1) is 6.16 Å². The SMILES string of the molecule is C=CC(=O)N(C)CCP(=O)(O)O[P+](=O)O. The monoisotopic (exact) mass is 256 g/mol. The van der Waals surface area contributed by atoms with E-state index in [2.05, 4.69) is 10.9 Å². The Labute approximate surface area is 87.8 Å². The fraction of sp³-hybridized carbons (Fsp3) is 0.500. The molecule has 86 valence electrons. The van der Waals surface area contributed by atoms with Gasteiger partial charge in [-0.2, -0.15) is 0 Å². The summed E-state index contributed by atoms with van der Waals surface area (Å²) in [6, 6.07) is 0. The molecular formula is C6H12NO6P2+. The largest absolute Gasteiger partial charge is 0.703 e. The zero-order valence-electron chi connectivity index (χ0n) is 8.07. The van der Waals surface area contributed by atoms with Crippen LogP contribution in [0.1, 0.15) is 0 Å². The molecule has 2 atom stereocenters. The van der Waals surface area contributed by atoms with Crippen LogP contribution in [0, 0.1) is 0 Å². The molecule has 1 amide bonds. The van der Waals surface area contributed by atoms with Crippen molar-refractivity contribution < 1.29 is 28.0 Å². The second kappa shape index (κ2) is 6.10. The van der Waals surface area contributed by atoms with Gasteiger partial charge < -0.3 is 9.79 Å². The number of hydrogen-bond donors (Lipinski definition) is 2. The van der Waals surface area contributed by atoms with Gasteiger partial charge in [0.15, 0.2) is 0 Å². The van der Waals surface area contributed by atoms with Crippen molar-refractivity contribution in [3.05, 3.63) is 12.7 Å². The Hall–Kier alpha value is -0.580. The summed E-state index contributed by atoms with van der Waals surface area (Å²) in [5, 5.41) is 0. The fourth-order valence-corrected chi connectivity index (χ4v) is 2.44. The van der Waals surface area contributed by atoms with E-state index in [0.717, 1.165) is 11.0 Å². The minimum atomic E-state index is -4.11. The molecule has 0 heterocycles. The molecule has 0 saturated carbocycles. The second-order valence-electron chi connectivity index (χ2n) is 2.64. The van der Waals surface area contributed by atoms with Gasteiger partial charge >= 0.3 is 15.9 Å². The molecule has 0 aliphatic heterocycles. The van der Waals surface area contributed by atoms with Gasteiger partial charge in [0.25, 0.3) is 0 Å². The van der Waals surface area contributed by atoms with Crippen LogP contribution in [0.25, 0.3) is 0 Å². The van der Waals surface area contributed by atoms with Crippen molar-refractivity contribution in [3.8, 4) is 0 Å². The summed E-state index contributed by atoms with van der Waals surface area (Å²) in [6.07, 6.45) is 0.639. The first kappa shape index (κ1) is 14.4. The van der Waals surface area contributed by atoms with Gasteiger partial charge in [-0.05, 0) is 10.4 Å². The van der Waals surface area contributed by atoms with Crippen LogP contribution in [-0.2, 0) is 18.2 Å². The summed E-state index contributed by atoms with van der Waals surface area (Å²) < 4.78 is 25.1. The van der Waals surface area contributed by atoms with E-state index in [-0.39, 0.29) is 6.54 Å². The highest BCUT2D eigenvalue weighted by Crippen LogP contribution is 2.49. The minimum absolute atomic E-state index is 0.0677. The van der Waals surface area contributed by atoms with Crippen molar-refractivity contribution >= 4 is 21.8 Å². The average molecular weight is 256 g/mol. The second-order valence-corrected chi connectivity index (χ2v) is 5.50. The lowest BCUT2D eigenvalue weighted by molar-refractivity contribution is -0.124. The first-order valence-electron chi connectivity index (χ1n) is 3.83. The number of carbonyl (C=O) groups excluding carboxylic acids is 1. The van der Waals surface area contributed by atoms with Crippen LogP contribution in [0.3, 0.4) is 0 Å². The van der Waals surface area contributed by atoms with Crippen LogP contribution >= 0.6 is 15.9 Å². The standard InChI is InChI=1S/C6H11NO6P2/c1-3-6(8)7(2)4-5-15(11,12)13-14(9)10/h3H,1,4-5H2,2H3,(H-,9,10,11,12)/p+1. The predicted octanol–water partition coefficient (Wildman–Crippen LogP) is 0.482. The molecule has 15 heavy (non-hydrogen) atoms. The third-order valence-corrected chi connectivity index (χ3v) is 3.81. The third kappa shape index (κ3) is 6.49. The van der Waals surface area contributed by atoms with Crippen LogP contribution in [0.5, 0.6) is 0 Å². The van der Waals surface area contributed by atoms with E-state index in [9.17, 15) is 13.9 Å². The van der Waals surface area contributed by atoms with Crippen molar-refractivity contribution in [3.63, 3.8) is 0 Å². The molecule has 0 aromatic heterocycles. The number of carbonyl (C=O) groups is 1. The summed E-state index contributed by atoms with van der Waals surface area (Å²) >= 11 is 0. The predicted molar refractivity (Wildman–Crippen MR) is 53.4 cm³/mol. The quantitative estimate of drug-likeness (QED) is 0.529. The molecule has 0 aromatic carbocycles. The van der Waals surface area contributed by atoms with Gasteiger partial charge in [0, 0.05) is 18.2 Å². The highest BCUT2D eigenvalue weighted by atomic mass is 31.2. The van der Waals surface area contributed by atoms with E-state index in [0.29, 0.717) is 0 Å². The van der Waals surface area contributed by atoms with Gasteiger partial charge in [-0.15, -0.1) is 4.89 Å². The van der Waals surface area contributed by atoms with Gasteiger partial charge in [-0.3, -0.25) is 9.36 Å². The van der Waals surface area contributed by atoms with E-state index in [1.165, 1.54) is 7.05 Å². The van der Waals surface area contributed by atoms with E-state index in [1.54, 1.807) is 0 Å². The van der Waals surface area contributed by atoms with Gasteiger partial charge in [0.2, 0.25) is 5.91 Å². The molecule has 0 bridgehead atoms. The van der Waals surface area contributed by atoms with E-state index in [1.807, 2.05) is 0 Å². The lowest BCUT2D eigenvalue weighted by atomic mass is 10.5. The van der Waals surface area contributed by atoms with Gasteiger partial charge in [0.1, 0.15) is 0 Å². The Bertz CT molecular complexity index is 317. The van der Waals surface area contributed by atoms with Crippen LogP contribution < -0.4 is 0 Å². The summed E-state index contributed by atoms with van der Waals surface area (Å²) in [4.78, 5) is 29.4. The first-order valence-corrected chi connectivity index (χ1v) is 6.73. The number of nitrogens with zero attached hydrogens (tertiary/aromatic N) is 1. The maximum absolute atomic E-state index is 11.1. The number of likely N-dealkylation sites (N-methyl/N-ethyl adjacent to an activating group) is 1. The highest BCUT2D eigenvalue weighted by molar-refractivity contribution is 7.59. The Kier molecular flexibility index (Phi) is 5.87. The third-order valence-electron chi connectivity index (χ3n) is 1.47. The lowest BCUT2D eigenvalue weighted by Crippen LogP contribution is -2.27. The normalized spacial score (nSPS) is 15.3. The zero-order valence-corrected chi connectivity index (χ0v) is 9.86. The van der Waals surface area contributed by atoms with Crippen LogP contribution in [-0.4, -0.2) is 40.3 Å². The van der Waals surface area contributed by atoms with E-state index >= 15 is 0 Å². The van der Waals surface area contributed by atoms with Crippen molar-refractivity contribution in [1.29, 1.82) is 0 Å². The molecule has 0 aliphatic rings. The smallest absolute Gasteiger partial charge is 0.342 e. The van der Waals surface area contributed by atoms with Crippen LogP contribution in [0.4, 0.5) is 0 Å². The molecule has 0 rings (SSSR count).